The van der Waals surface area contributed by atoms with Crippen molar-refractivity contribution in [2.24, 2.45) is 5.92 Å². The summed E-state index contributed by atoms with van der Waals surface area (Å²) in [6, 6.07) is 8.96. The van der Waals surface area contributed by atoms with Crippen LogP contribution in [0.25, 0.3) is 0 Å². The third-order valence-corrected chi connectivity index (χ3v) is 3.81. The molecule has 0 fully saturated rings. The van der Waals surface area contributed by atoms with Crippen molar-refractivity contribution >= 4 is 5.69 Å². The molecule has 1 aliphatic heterocycles. The number of anilines is 1. The average Bonchev–Trinajstić information content (AvgIpc) is 2.42. The molecule has 1 N–H and O–H groups in total. The molecule has 3 rings (SSSR count). The molecule has 2 atom stereocenters. The molecule has 2 aromatic carbocycles. The van der Waals surface area contributed by atoms with Crippen LogP contribution in [-0.2, 0) is 6.42 Å². The smallest absolute Gasteiger partial charge is 0.161 e. The molecular weight excluding hydrogens is 263 g/mol. The van der Waals surface area contributed by atoms with Gasteiger partial charge >= 0.3 is 0 Å². The monoisotopic (exact) mass is 277 g/mol. The molecule has 4 heteroatoms. The molecule has 104 valence electrons. The minimum absolute atomic E-state index is 0.0873. The first-order chi connectivity index (χ1) is 9.56. The molecule has 1 heterocycles. The molecule has 0 radical (unpaired) electrons. The molecule has 2 unspecified atom stereocenters. The number of hydrogen-bond acceptors (Lipinski definition) is 1. The van der Waals surface area contributed by atoms with Crippen LogP contribution in [-0.4, -0.2) is 0 Å². The second kappa shape index (κ2) is 4.85. The van der Waals surface area contributed by atoms with Gasteiger partial charge in [-0.25, -0.2) is 13.2 Å². The lowest BCUT2D eigenvalue weighted by Gasteiger charge is -2.33. The van der Waals surface area contributed by atoms with E-state index in [0.717, 1.165) is 23.7 Å². The Labute approximate surface area is 115 Å². The normalized spacial score (nSPS) is 21.2. The predicted octanol–water partition coefficient (Wildman–Crippen LogP) is 4.45. The Bertz CT molecular complexity index is 654. The lowest BCUT2D eigenvalue weighted by Crippen LogP contribution is -2.27. The van der Waals surface area contributed by atoms with Gasteiger partial charge in [-0.1, -0.05) is 25.1 Å². The zero-order valence-electron chi connectivity index (χ0n) is 11.0. The van der Waals surface area contributed by atoms with Gasteiger partial charge in [0.15, 0.2) is 11.6 Å². The first-order valence-electron chi connectivity index (χ1n) is 6.55. The van der Waals surface area contributed by atoms with E-state index in [-0.39, 0.29) is 17.5 Å². The molecule has 0 spiro atoms. The molecule has 0 aliphatic carbocycles. The largest absolute Gasteiger partial charge is 0.378 e. The second-order valence-electron chi connectivity index (χ2n) is 5.25. The van der Waals surface area contributed by atoms with E-state index >= 15 is 0 Å². The molecule has 0 saturated carbocycles. The molecule has 0 bridgehead atoms. The minimum Gasteiger partial charge on any atom is -0.378 e. The maximum atomic E-state index is 13.9. The van der Waals surface area contributed by atoms with Crippen LogP contribution in [0.2, 0.25) is 0 Å². The van der Waals surface area contributed by atoms with Crippen molar-refractivity contribution in [2.45, 2.75) is 19.4 Å². The Morgan fingerprint density at radius 1 is 1.00 bits per heavy atom. The summed E-state index contributed by atoms with van der Waals surface area (Å²) >= 11 is 0. The predicted molar refractivity (Wildman–Crippen MR) is 72.0 cm³/mol. The van der Waals surface area contributed by atoms with Crippen molar-refractivity contribution in [2.75, 3.05) is 5.32 Å². The summed E-state index contributed by atoms with van der Waals surface area (Å²) < 4.78 is 40.3. The Hall–Kier alpha value is -1.97. The first-order valence-corrected chi connectivity index (χ1v) is 6.55. The van der Waals surface area contributed by atoms with Crippen molar-refractivity contribution < 1.29 is 13.2 Å². The number of rotatable bonds is 1. The molecule has 1 aliphatic rings. The summed E-state index contributed by atoms with van der Waals surface area (Å²) in [4.78, 5) is 0. The fraction of sp³-hybridized carbons (Fsp3) is 0.250. The molecule has 0 saturated heterocycles. The number of fused-ring (bicyclic) bond motifs is 1. The third-order valence-electron chi connectivity index (χ3n) is 3.81. The zero-order valence-corrected chi connectivity index (χ0v) is 11.0. The number of benzene rings is 2. The lowest BCUT2D eigenvalue weighted by atomic mass is 9.84. The fourth-order valence-electron chi connectivity index (χ4n) is 2.77. The molecule has 20 heavy (non-hydrogen) atoms. The van der Waals surface area contributed by atoms with E-state index in [9.17, 15) is 13.2 Å². The molecular formula is C16H14F3N. The first kappa shape index (κ1) is 13.0. The summed E-state index contributed by atoms with van der Waals surface area (Å²) in [5, 5.41) is 3.22. The quantitative estimate of drug-likeness (QED) is 0.759. The van der Waals surface area contributed by atoms with Crippen LogP contribution in [0.15, 0.2) is 36.4 Å². The number of para-hydroxylation sites is 1. The van der Waals surface area contributed by atoms with E-state index in [4.69, 9.17) is 0 Å². The number of halogens is 3. The summed E-state index contributed by atoms with van der Waals surface area (Å²) in [7, 11) is 0. The fourth-order valence-corrected chi connectivity index (χ4v) is 2.77. The van der Waals surface area contributed by atoms with Gasteiger partial charge in [-0.3, -0.25) is 0 Å². The number of nitrogens with one attached hydrogen (secondary N) is 1. The molecule has 0 aromatic heterocycles. The highest BCUT2D eigenvalue weighted by Gasteiger charge is 2.28. The van der Waals surface area contributed by atoms with E-state index in [1.54, 1.807) is 0 Å². The van der Waals surface area contributed by atoms with Crippen LogP contribution in [0.4, 0.5) is 18.9 Å². The van der Waals surface area contributed by atoms with Crippen LogP contribution in [0.1, 0.15) is 24.1 Å². The zero-order chi connectivity index (χ0) is 14.3. The summed E-state index contributed by atoms with van der Waals surface area (Å²) in [6.45, 7) is 1.97. The Morgan fingerprint density at radius 2 is 1.70 bits per heavy atom. The minimum atomic E-state index is -1.16. The van der Waals surface area contributed by atoms with Crippen LogP contribution in [0, 0.1) is 23.4 Å². The van der Waals surface area contributed by atoms with Gasteiger partial charge in [-0.2, -0.15) is 0 Å². The SMILES string of the molecule is CC1Cc2ccccc2NC1c1cc(F)c(F)cc1F. The maximum absolute atomic E-state index is 13.9. The van der Waals surface area contributed by atoms with Gasteiger partial charge in [-0.05, 0) is 30.0 Å². The van der Waals surface area contributed by atoms with Crippen LogP contribution in [0.3, 0.4) is 0 Å². The number of hydrogen-bond donors (Lipinski definition) is 1. The highest BCUT2D eigenvalue weighted by molar-refractivity contribution is 5.55. The van der Waals surface area contributed by atoms with E-state index in [2.05, 4.69) is 5.32 Å². The van der Waals surface area contributed by atoms with E-state index in [0.29, 0.717) is 6.07 Å². The second-order valence-corrected chi connectivity index (χ2v) is 5.25. The van der Waals surface area contributed by atoms with Crippen molar-refractivity contribution in [3.8, 4) is 0 Å². The van der Waals surface area contributed by atoms with Crippen LogP contribution < -0.4 is 5.32 Å². The Balaban J connectivity index is 2.01. The summed E-state index contributed by atoms with van der Waals surface area (Å²) in [6.07, 6.45) is 0.770. The van der Waals surface area contributed by atoms with Crippen molar-refractivity contribution in [3.05, 3.63) is 65.0 Å². The summed E-state index contributed by atoms with van der Waals surface area (Å²) in [5.41, 5.74) is 2.24. The summed E-state index contributed by atoms with van der Waals surface area (Å²) in [5.74, 6) is -2.80. The highest BCUT2D eigenvalue weighted by Crippen LogP contribution is 2.37. The van der Waals surface area contributed by atoms with Gasteiger partial charge < -0.3 is 5.32 Å². The van der Waals surface area contributed by atoms with E-state index < -0.39 is 17.5 Å². The lowest BCUT2D eigenvalue weighted by molar-refractivity contribution is 0.443. The highest BCUT2D eigenvalue weighted by atomic mass is 19.2. The molecule has 2 aromatic rings. The van der Waals surface area contributed by atoms with Gasteiger partial charge in [0.25, 0.3) is 0 Å². The van der Waals surface area contributed by atoms with Crippen LogP contribution >= 0.6 is 0 Å². The Kier molecular flexibility index (Phi) is 3.16. The van der Waals surface area contributed by atoms with Crippen LogP contribution in [0.5, 0.6) is 0 Å². The van der Waals surface area contributed by atoms with Gasteiger partial charge in [0.05, 0.1) is 6.04 Å². The third kappa shape index (κ3) is 2.15. The average molecular weight is 277 g/mol. The van der Waals surface area contributed by atoms with E-state index in [1.165, 1.54) is 0 Å². The van der Waals surface area contributed by atoms with Gasteiger partial charge in [0.2, 0.25) is 0 Å². The van der Waals surface area contributed by atoms with E-state index in [1.807, 2.05) is 31.2 Å². The molecule has 0 amide bonds. The van der Waals surface area contributed by atoms with Gasteiger partial charge in [-0.15, -0.1) is 0 Å². The Morgan fingerprint density at radius 3 is 2.50 bits per heavy atom. The van der Waals surface area contributed by atoms with Crippen molar-refractivity contribution in [1.29, 1.82) is 0 Å². The molecule has 1 nitrogen and oxygen atoms in total. The standard InChI is InChI=1S/C16H14F3N/c1-9-6-10-4-2-3-5-15(10)20-16(9)11-7-13(18)14(19)8-12(11)17/h2-5,7-9,16,20H,6H2,1H3. The topological polar surface area (TPSA) is 12.0 Å². The van der Waals surface area contributed by atoms with Gasteiger partial charge in [0, 0.05) is 17.3 Å². The maximum Gasteiger partial charge on any atom is 0.161 e. The van der Waals surface area contributed by atoms with Gasteiger partial charge in [0.1, 0.15) is 5.82 Å². The van der Waals surface area contributed by atoms with Crippen molar-refractivity contribution in [1.82, 2.24) is 0 Å². The van der Waals surface area contributed by atoms with Crippen molar-refractivity contribution in [3.63, 3.8) is 0 Å².